The van der Waals surface area contributed by atoms with Gasteiger partial charge in [0.2, 0.25) is 11.8 Å². The molecule has 70 heavy (non-hydrogen) atoms. The quantitative estimate of drug-likeness (QED) is 0.0648. The summed E-state index contributed by atoms with van der Waals surface area (Å²) in [6.45, 7) is 5.45. The SMILES string of the molecule is Cc1ccc(NC(=O)C2(c3ccc4c(c3)OC(F)(F)O4)CC2)nc1-c1cccc(C(=O)NCCOCCNC(=O)Cn2ccc3cc(C(=O)NCCc4ccc(N5C[C@H]6CC[C@@H](C5)N6)cc4)cnc32)c1. The Morgan fingerprint density at radius 1 is 0.814 bits per heavy atom. The van der Waals surface area contributed by atoms with Crippen LogP contribution in [0.4, 0.5) is 20.3 Å². The average Bonchev–Trinajstić information content (AvgIpc) is 3.85. The van der Waals surface area contributed by atoms with E-state index in [1.165, 1.54) is 36.9 Å². The van der Waals surface area contributed by atoms with Gasteiger partial charge in [0.25, 0.3) is 11.8 Å². The van der Waals surface area contributed by atoms with E-state index in [0.29, 0.717) is 77.3 Å². The molecule has 1 saturated carbocycles. The molecule has 3 aliphatic heterocycles. The lowest BCUT2D eigenvalue weighted by Gasteiger charge is -2.34. The zero-order valence-electron chi connectivity index (χ0n) is 38.6. The fraction of sp³-hybridized carbons (Fsp3) is 0.346. The van der Waals surface area contributed by atoms with Crippen molar-refractivity contribution in [2.24, 2.45) is 0 Å². The lowest BCUT2D eigenvalue weighted by atomic mass is 9.94. The Morgan fingerprint density at radius 3 is 2.34 bits per heavy atom. The lowest BCUT2D eigenvalue weighted by molar-refractivity contribution is -0.286. The molecule has 3 aromatic carbocycles. The van der Waals surface area contributed by atoms with Gasteiger partial charge in [0.15, 0.2) is 11.5 Å². The molecule has 2 saturated heterocycles. The molecule has 1 aliphatic carbocycles. The van der Waals surface area contributed by atoms with Crippen LogP contribution in [-0.2, 0) is 32.7 Å². The number of carbonyl (C=O) groups excluding carboxylic acids is 4. The predicted octanol–water partition coefficient (Wildman–Crippen LogP) is 5.87. The average molecular weight is 954 g/mol. The van der Waals surface area contributed by atoms with Gasteiger partial charge in [-0.05, 0) is 110 Å². The van der Waals surface area contributed by atoms with E-state index in [9.17, 15) is 28.0 Å². The zero-order valence-corrected chi connectivity index (χ0v) is 38.6. The number of aryl methyl sites for hydroxylation is 1. The van der Waals surface area contributed by atoms with Crippen LogP contribution in [-0.4, -0.2) is 102 Å². The van der Waals surface area contributed by atoms with Crippen molar-refractivity contribution < 1.29 is 42.2 Å². The second-order valence-corrected chi connectivity index (χ2v) is 18.3. The van der Waals surface area contributed by atoms with E-state index in [2.05, 4.69) is 70.2 Å². The largest absolute Gasteiger partial charge is 0.586 e. The van der Waals surface area contributed by atoms with Crippen molar-refractivity contribution in [3.05, 3.63) is 131 Å². The van der Waals surface area contributed by atoms with Crippen molar-refractivity contribution in [2.45, 2.75) is 69.4 Å². The number of aromatic nitrogens is 3. The molecular weight excluding hydrogens is 901 g/mol. The first-order valence-electron chi connectivity index (χ1n) is 23.6. The second kappa shape index (κ2) is 19.5. The maximum atomic E-state index is 13.6. The van der Waals surface area contributed by atoms with Crippen LogP contribution >= 0.6 is 0 Å². The van der Waals surface area contributed by atoms with Crippen LogP contribution in [0, 0.1) is 6.92 Å². The van der Waals surface area contributed by atoms with Crippen molar-refractivity contribution in [1.29, 1.82) is 0 Å². The normalized spacial score (nSPS) is 18.1. The standard InChI is InChI=1S/C52H53F2N9O7/c1-32-5-14-44(61-50(67)51(17-18-51)38-8-13-42-43(27-38)70-52(53,54)69-42)60-46(32)34-3-2-4-36(25-34)48(65)57-21-24-68-23-20-55-45(64)31-62-22-16-35-26-37(28-58-47(35)62)49(66)56-19-15-33-6-11-41(12-7-33)63-29-39-9-10-40(30-63)59-39/h2-8,11-14,16,22,25-28,39-40,59H,9-10,15,17-21,23-24,29-31H2,1H3,(H,55,64)(H,56,66)(H,57,65)(H,60,61,67)/t39-,40+. The van der Waals surface area contributed by atoms with E-state index >= 15 is 0 Å². The number of carbonyl (C=O) groups is 4. The molecule has 4 aliphatic rings. The lowest BCUT2D eigenvalue weighted by Crippen LogP contribution is -2.51. The molecule has 10 rings (SSSR count). The van der Waals surface area contributed by atoms with E-state index in [0.717, 1.165) is 29.6 Å². The van der Waals surface area contributed by atoms with E-state index in [4.69, 9.17) is 9.72 Å². The van der Waals surface area contributed by atoms with Gasteiger partial charge in [-0.3, -0.25) is 19.2 Å². The first kappa shape index (κ1) is 46.3. The summed E-state index contributed by atoms with van der Waals surface area (Å²) >= 11 is 0. The third kappa shape index (κ3) is 10.3. The molecule has 2 bridgehead atoms. The van der Waals surface area contributed by atoms with Gasteiger partial charge < -0.3 is 50.3 Å². The molecule has 0 spiro atoms. The summed E-state index contributed by atoms with van der Waals surface area (Å²) in [7, 11) is 0. The van der Waals surface area contributed by atoms with E-state index in [1.807, 2.05) is 25.1 Å². The number of ether oxygens (including phenoxy) is 3. The summed E-state index contributed by atoms with van der Waals surface area (Å²) in [5, 5.41) is 16.0. The summed E-state index contributed by atoms with van der Waals surface area (Å²) in [6, 6.07) is 28.3. The highest BCUT2D eigenvalue weighted by molar-refractivity contribution is 6.01. The van der Waals surface area contributed by atoms with Gasteiger partial charge in [-0.2, -0.15) is 0 Å². The number of pyridine rings is 2. The summed E-state index contributed by atoms with van der Waals surface area (Å²) in [4.78, 5) is 64.1. The Hall–Kier alpha value is -7.44. The number of benzene rings is 3. The number of hydrogen-bond acceptors (Lipinski definition) is 11. The molecule has 362 valence electrons. The Bertz CT molecular complexity index is 2950. The van der Waals surface area contributed by atoms with Gasteiger partial charge in [0, 0.05) is 79.4 Å². The fourth-order valence-corrected chi connectivity index (χ4v) is 9.50. The van der Waals surface area contributed by atoms with Gasteiger partial charge in [0.1, 0.15) is 18.0 Å². The number of rotatable bonds is 18. The Morgan fingerprint density at radius 2 is 1.56 bits per heavy atom. The van der Waals surface area contributed by atoms with Crippen molar-refractivity contribution in [1.82, 2.24) is 35.8 Å². The van der Waals surface area contributed by atoms with Crippen LogP contribution in [0.25, 0.3) is 22.3 Å². The van der Waals surface area contributed by atoms with E-state index in [1.54, 1.807) is 47.2 Å². The number of amides is 4. The molecule has 6 aromatic rings. The number of alkyl halides is 2. The van der Waals surface area contributed by atoms with Crippen LogP contribution in [0.15, 0.2) is 103 Å². The van der Waals surface area contributed by atoms with Gasteiger partial charge in [0.05, 0.1) is 29.9 Å². The molecule has 0 unspecified atom stereocenters. The predicted molar refractivity (Wildman–Crippen MR) is 257 cm³/mol. The Labute approximate surface area is 402 Å². The highest BCUT2D eigenvalue weighted by Crippen LogP contribution is 2.52. The van der Waals surface area contributed by atoms with Crippen molar-refractivity contribution in [3.8, 4) is 22.8 Å². The topological polar surface area (TPSA) is 190 Å². The number of piperazine rings is 1. The van der Waals surface area contributed by atoms with Gasteiger partial charge in [-0.25, -0.2) is 9.97 Å². The van der Waals surface area contributed by atoms with Gasteiger partial charge in [-0.15, -0.1) is 8.78 Å². The van der Waals surface area contributed by atoms with Crippen LogP contribution < -0.4 is 41.0 Å². The summed E-state index contributed by atoms with van der Waals surface area (Å²) < 4.78 is 43.7. The van der Waals surface area contributed by atoms with Crippen LogP contribution in [0.2, 0.25) is 0 Å². The summed E-state index contributed by atoms with van der Waals surface area (Å²) in [6.07, 6.45) is 3.80. The maximum Gasteiger partial charge on any atom is 0.586 e. The van der Waals surface area contributed by atoms with Crippen molar-refractivity contribution >= 4 is 46.2 Å². The van der Waals surface area contributed by atoms with Crippen molar-refractivity contribution in [3.63, 3.8) is 0 Å². The maximum absolute atomic E-state index is 13.6. The second-order valence-electron chi connectivity index (χ2n) is 18.3. The fourth-order valence-electron chi connectivity index (χ4n) is 9.50. The van der Waals surface area contributed by atoms with Gasteiger partial charge in [-0.1, -0.05) is 36.4 Å². The van der Waals surface area contributed by atoms with Crippen LogP contribution in [0.5, 0.6) is 11.5 Å². The number of nitrogens with zero attached hydrogens (tertiary/aromatic N) is 4. The highest BCUT2D eigenvalue weighted by atomic mass is 19.3. The van der Waals surface area contributed by atoms with Crippen LogP contribution in [0.3, 0.4) is 0 Å². The Balaban J connectivity index is 0.629. The third-order valence-corrected chi connectivity index (χ3v) is 13.4. The van der Waals surface area contributed by atoms with Crippen LogP contribution in [0.1, 0.15) is 63.1 Å². The molecule has 3 aromatic heterocycles. The smallest absolute Gasteiger partial charge is 0.395 e. The molecule has 4 amide bonds. The van der Waals surface area contributed by atoms with E-state index in [-0.39, 0.29) is 68.0 Å². The molecule has 5 N–H and O–H groups in total. The third-order valence-electron chi connectivity index (χ3n) is 13.4. The van der Waals surface area contributed by atoms with E-state index < -0.39 is 11.7 Å². The molecule has 2 atom stereocenters. The molecule has 3 fully saturated rings. The number of halogens is 2. The summed E-state index contributed by atoms with van der Waals surface area (Å²) in [5.41, 5.74) is 5.55. The first-order chi connectivity index (χ1) is 33.9. The monoisotopic (exact) mass is 953 g/mol. The minimum Gasteiger partial charge on any atom is -0.395 e. The zero-order chi connectivity index (χ0) is 48.4. The van der Waals surface area contributed by atoms with Gasteiger partial charge >= 0.3 is 6.29 Å². The molecule has 0 radical (unpaired) electrons. The number of nitrogens with one attached hydrogen (secondary N) is 5. The minimum absolute atomic E-state index is 0.0379. The molecule has 18 heteroatoms. The number of anilines is 2. The minimum atomic E-state index is -3.75. The summed E-state index contributed by atoms with van der Waals surface area (Å²) in [5.74, 6) is -0.965. The van der Waals surface area contributed by atoms with Crippen molar-refractivity contribution in [2.75, 3.05) is 56.2 Å². The Kier molecular flexibility index (Phi) is 12.9. The number of hydrogen-bond donors (Lipinski definition) is 5. The molecule has 16 nitrogen and oxygen atoms in total. The first-order valence-corrected chi connectivity index (χ1v) is 23.6. The molecule has 6 heterocycles. The molecular formula is C52H53F2N9O7. The number of fused-ring (bicyclic) bond motifs is 4. The highest BCUT2D eigenvalue weighted by Gasteiger charge is 2.53.